The van der Waals surface area contributed by atoms with Crippen LogP contribution in [0.25, 0.3) is 0 Å². The van der Waals surface area contributed by atoms with Gasteiger partial charge in [0.15, 0.2) is 24.8 Å². The molecule has 3 heterocycles. The predicted molar refractivity (Wildman–Crippen MR) is 101 cm³/mol. The van der Waals surface area contributed by atoms with Gasteiger partial charge in [-0.15, -0.1) is 0 Å². The first-order chi connectivity index (χ1) is 16.7. The normalized spacial score (nSPS) is 45.3. The molecule has 3 aliphatic rings. The van der Waals surface area contributed by atoms with Gasteiger partial charge >= 0.3 is 17.9 Å². The molecule has 0 saturated carbocycles. The summed E-state index contributed by atoms with van der Waals surface area (Å²) in [6, 6.07) is 0. The molecule has 2 saturated heterocycles. The van der Waals surface area contributed by atoms with Gasteiger partial charge in [-0.3, -0.25) is 0 Å². The Labute approximate surface area is 199 Å². The third kappa shape index (κ3) is 5.43. The molecule has 204 valence electrons. The Bertz CT molecular complexity index is 876. The van der Waals surface area contributed by atoms with Crippen LogP contribution in [0.15, 0.2) is 11.8 Å². The topological polar surface area (TPSA) is 300 Å². The number of carboxylic acid groups (broad SMARTS) is 3. The van der Waals surface area contributed by atoms with Crippen molar-refractivity contribution in [3.8, 4) is 0 Å². The number of rotatable bonds is 7. The lowest BCUT2D eigenvalue weighted by Gasteiger charge is -2.45. The van der Waals surface area contributed by atoms with Crippen molar-refractivity contribution in [1.82, 2.24) is 0 Å². The zero-order valence-electron chi connectivity index (χ0n) is 17.8. The van der Waals surface area contributed by atoms with Gasteiger partial charge in [0.2, 0.25) is 12.0 Å². The van der Waals surface area contributed by atoms with E-state index in [9.17, 15) is 60.3 Å². The first-order valence-electron chi connectivity index (χ1n) is 10.2. The van der Waals surface area contributed by atoms with E-state index in [1.165, 1.54) is 0 Å². The first kappa shape index (κ1) is 28.1. The molecule has 0 spiro atoms. The Morgan fingerprint density at radius 2 is 1.17 bits per heavy atom. The third-order valence-electron chi connectivity index (χ3n) is 5.58. The zero-order valence-corrected chi connectivity index (χ0v) is 17.8. The summed E-state index contributed by atoms with van der Waals surface area (Å²) in [4.78, 5) is 34.4. The molecule has 3 aliphatic heterocycles. The second-order valence-electron chi connectivity index (χ2n) is 8.02. The molecule has 0 aromatic heterocycles. The number of ether oxygens (including phenoxy) is 5. The lowest BCUT2D eigenvalue weighted by atomic mass is 9.96. The smallest absolute Gasteiger partial charge is 0.371 e. The third-order valence-corrected chi connectivity index (χ3v) is 5.58. The molecule has 10 N–H and O–H groups in total. The van der Waals surface area contributed by atoms with Crippen molar-refractivity contribution in [1.29, 1.82) is 0 Å². The largest absolute Gasteiger partial charge is 0.479 e. The van der Waals surface area contributed by atoms with Crippen LogP contribution in [0, 0.1) is 0 Å². The van der Waals surface area contributed by atoms with Crippen molar-refractivity contribution >= 4 is 17.9 Å². The van der Waals surface area contributed by atoms with E-state index >= 15 is 0 Å². The van der Waals surface area contributed by atoms with Gasteiger partial charge in [-0.1, -0.05) is 0 Å². The maximum atomic E-state index is 11.8. The zero-order chi connectivity index (χ0) is 27.1. The maximum absolute atomic E-state index is 11.8. The highest BCUT2D eigenvalue weighted by Gasteiger charge is 2.55. The highest BCUT2D eigenvalue weighted by atomic mass is 16.8. The van der Waals surface area contributed by atoms with E-state index in [-0.39, 0.29) is 0 Å². The summed E-state index contributed by atoms with van der Waals surface area (Å²) >= 11 is 0. The van der Waals surface area contributed by atoms with Gasteiger partial charge in [0.25, 0.3) is 0 Å². The lowest BCUT2D eigenvalue weighted by molar-refractivity contribution is -0.358. The molecule has 13 atom stereocenters. The van der Waals surface area contributed by atoms with Crippen molar-refractivity contribution in [3.63, 3.8) is 0 Å². The molecule has 3 rings (SSSR count). The minimum Gasteiger partial charge on any atom is -0.479 e. The van der Waals surface area contributed by atoms with Gasteiger partial charge in [-0.2, -0.15) is 0 Å². The van der Waals surface area contributed by atoms with E-state index in [0.29, 0.717) is 6.08 Å². The summed E-state index contributed by atoms with van der Waals surface area (Å²) in [7, 11) is 0. The summed E-state index contributed by atoms with van der Waals surface area (Å²) in [5.74, 6) is -6.17. The first-order valence-corrected chi connectivity index (χ1v) is 10.2. The summed E-state index contributed by atoms with van der Waals surface area (Å²) < 4.78 is 24.9. The molecule has 0 radical (unpaired) electrons. The van der Waals surface area contributed by atoms with Crippen LogP contribution in [-0.4, -0.2) is 149 Å². The maximum Gasteiger partial charge on any atom is 0.371 e. The molecule has 0 amide bonds. The fraction of sp³-hybridized carbons (Fsp3) is 0.722. The molecular weight excluding hydrogens is 504 g/mol. The molecule has 0 bridgehead atoms. The van der Waals surface area contributed by atoms with Gasteiger partial charge in [0.05, 0.1) is 0 Å². The minimum absolute atomic E-state index is 0.635. The minimum atomic E-state index is -2.24. The number of carbonyl (C=O) groups is 3. The van der Waals surface area contributed by atoms with E-state index in [4.69, 9.17) is 24.1 Å². The summed E-state index contributed by atoms with van der Waals surface area (Å²) in [6.45, 7) is 0. The lowest BCUT2D eigenvalue weighted by Crippen LogP contribution is -2.66. The van der Waals surface area contributed by atoms with Gasteiger partial charge in [0, 0.05) is 0 Å². The van der Waals surface area contributed by atoms with Crippen molar-refractivity contribution < 1.29 is 89.1 Å². The second-order valence-corrected chi connectivity index (χ2v) is 8.02. The highest BCUT2D eigenvalue weighted by Crippen LogP contribution is 2.32. The fourth-order valence-corrected chi connectivity index (χ4v) is 3.69. The second kappa shape index (κ2) is 10.9. The molecule has 36 heavy (non-hydrogen) atoms. The van der Waals surface area contributed by atoms with E-state index in [2.05, 4.69) is 4.74 Å². The van der Waals surface area contributed by atoms with Crippen LogP contribution in [0.5, 0.6) is 0 Å². The van der Waals surface area contributed by atoms with Crippen molar-refractivity contribution in [2.75, 3.05) is 0 Å². The molecule has 18 nitrogen and oxygen atoms in total. The van der Waals surface area contributed by atoms with E-state index in [0.717, 1.165) is 0 Å². The number of hydrogen-bond donors (Lipinski definition) is 10. The Hall–Kier alpha value is -2.49. The number of carboxylic acids is 3. The molecule has 6 unspecified atom stereocenters. The van der Waals surface area contributed by atoms with Gasteiger partial charge in [0.1, 0.15) is 48.8 Å². The van der Waals surface area contributed by atoms with Crippen LogP contribution in [-0.2, 0) is 38.1 Å². The van der Waals surface area contributed by atoms with Crippen LogP contribution >= 0.6 is 0 Å². The van der Waals surface area contributed by atoms with Crippen molar-refractivity contribution in [3.05, 3.63) is 11.8 Å². The molecular formula is C18H24O18. The van der Waals surface area contributed by atoms with Crippen LogP contribution in [0.1, 0.15) is 0 Å². The fourth-order valence-electron chi connectivity index (χ4n) is 3.69. The average molecular weight is 528 g/mol. The Kier molecular flexibility index (Phi) is 8.48. The van der Waals surface area contributed by atoms with Crippen molar-refractivity contribution in [2.24, 2.45) is 0 Å². The van der Waals surface area contributed by atoms with Crippen LogP contribution < -0.4 is 0 Å². The molecule has 2 fully saturated rings. The van der Waals surface area contributed by atoms with E-state index < -0.39 is 104 Å². The van der Waals surface area contributed by atoms with Crippen LogP contribution in [0.3, 0.4) is 0 Å². The van der Waals surface area contributed by atoms with Gasteiger partial charge in [-0.25, -0.2) is 14.4 Å². The molecule has 0 aliphatic carbocycles. The standard InChI is InChI=1S/C18H24O18/c19-2-1-3(13(25)26)32-17(4(2)20)34-10-6(22)8(24)18(36-12(10)15(29)30)35-9-5(21)7(23)16(31)33-11(9)14(27)28/h1-2,4-12,16-24,31H,(H,25,26)(H,27,28)(H,29,30)/t2?,4?,5-,6?,7?,8?,9+,10+,11?,12-,16-,17+,18-/m1/s1. The van der Waals surface area contributed by atoms with Crippen LogP contribution in [0.2, 0.25) is 0 Å². The Morgan fingerprint density at radius 3 is 1.69 bits per heavy atom. The number of aliphatic carboxylic acids is 3. The Balaban J connectivity index is 1.81. The number of aliphatic hydroxyl groups is 7. The average Bonchev–Trinajstić information content (AvgIpc) is 2.80. The van der Waals surface area contributed by atoms with E-state index in [1.54, 1.807) is 0 Å². The van der Waals surface area contributed by atoms with E-state index in [1.807, 2.05) is 0 Å². The quantitative estimate of drug-likeness (QED) is 0.147. The molecule has 0 aromatic rings. The van der Waals surface area contributed by atoms with Gasteiger partial charge in [-0.05, 0) is 6.08 Å². The molecule has 0 aromatic carbocycles. The van der Waals surface area contributed by atoms with Crippen molar-refractivity contribution in [2.45, 2.75) is 79.9 Å². The SMILES string of the molecule is O=C(O)C1=CC(O)C(O)[C@H](O[C@H]2C(O)C(O)[C@H](O[C@@H]3C(C(=O)O)O[C@@H](O)C(O)[C@H]3O)O[C@H]2C(=O)O)O1. The van der Waals surface area contributed by atoms with Crippen LogP contribution in [0.4, 0.5) is 0 Å². The summed E-state index contributed by atoms with van der Waals surface area (Å²) in [6.07, 6.45) is -26.7. The predicted octanol–water partition coefficient (Wildman–Crippen LogP) is -6.14. The monoisotopic (exact) mass is 528 g/mol. The highest BCUT2D eigenvalue weighted by molar-refractivity contribution is 5.84. The number of hydrogen-bond acceptors (Lipinski definition) is 15. The van der Waals surface area contributed by atoms with Gasteiger partial charge < -0.3 is 74.7 Å². The number of aliphatic hydroxyl groups excluding tert-OH is 7. The summed E-state index contributed by atoms with van der Waals surface area (Å²) in [5, 5.41) is 98.1. The molecule has 18 heteroatoms. The summed E-state index contributed by atoms with van der Waals surface area (Å²) in [5.41, 5.74) is 0. The Morgan fingerprint density at radius 1 is 0.667 bits per heavy atom.